The molecule has 1 aliphatic heterocycles. The van der Waals surface area contributed by atoms with Crippen molar-refractivity contribution in [2.45, 2.75) is 6.92 Å². The van der Waals surface area contributed by atoms with E-state index < -0.39 is 16.1 Å². The summed E-state index contributed by atoms with van der Waals surface area (Å²) in [6.07, 6.45) is 0. The molecule has 1 saturated heterocycles. The molecule has 15 heavy (non-hydrogen) atoms. The summed E-state index contributed by atoms with van der Waals surface area (Å²) in [6.45, 7) is 1.76. The molecular weight excluding hydrogens is 216 g/mol. The number of nitrogens with one attached hydrogen (secondary N) is 1. The SMILES string of the molecule is Cc1ccc(N2CC(=O)NS2(=O)=O)cc1. The van der Waals surface area contributed by atoms with E-state index in [0.717, 1.165) is 9.87 Å². The summed E-state index contributed by atoms with van der Waals surface area (Å²) in [5.74, 6) is -0.504. The van der Waals surface area contributed by atoms with Gasteiger partial charge in [0.25, 0.3) is 5.91 Å². The first-order chi connectivity index (χ1) is 6.99. The molecule has 0 atom stereocenters. The molecule has 1 aliphatic rings. The molecule has 0 spiro atoms. The Labute approximate surface area is 87.9 Å². The van der Waals surface area contributed by atoms with Crippen LogP contribution in [0.1, 0.15) is 5.56 Å². The average molecular weight is 226 g/mol. The van der Waals surface area contributed by atoms with E-state index >= 15 is 0 Å². The van der Waals surface area contributed by atoms with Crippen LogP contribution >= 0.6 is 0 Å². The van der Waals surface area contributed by atoms with Crippen molar-refractivity contribution in [3.05, 3.63) is 29.8 Å². The molecule has 1 aromatic carbocycles. The number of carbonyl (C=O) groups excluding carboxylic acids is 1. The van der Waals surface area contributed by atoms with Gasteiger partial charge < -0.3 is 0 Å². The lowest BCUT2D eigenvalue weighted by atomic mass is 10.2. The number of carbonyl (C=O) groups is 1. The van der Waals surface area contributed by atoms with Crippen molar-refractivity contribution in [1.29, 1.82) is 0 Å². The van der Waals surface area contributed by atoms with Crippen LogP contribution in [0.5, 0.6) is 0 Å². The monoisotopic (exact) mass is 226 g/mol. The van der Waals surface area contributed by atoms with E-state index in [1.165, 1.54) is 0 Å². The summed E-state index contributed by atoms with van der Waals surface area (Å²) in [5.41, 5.74) is 1.54. The molecule has 0 saturated carbocycles. The predicted octanol–water partition coefficient (Wildman–Crippen LogP) is 0.176. The normalized spacial score (nSPS) is 19.0. The summed E-state index contributed by atoms with van der Waals surface area (Å²) in [5, 5.41) is 0. The van der Waals surface area contributed by atoms with Gasteiger partial charge in [-0.1, -0.05) is 17.7 Å². The second kappa shape index (κ2) is 3.23. The molecule has 0 radical (unpaired) electrons. The fraction of sp³-hybridized carbons (Fsp3) is 0.222. The topological polar surface area (TPSA) is 66.5 Å². The van der Waals surface area contributed by atoms with Gasteiger partial charge in [0.15, 0.2) is 0 Å². The highest BCUT2D eigenvalue weighted by atomic mass is 32.2. The molecule has 2 rings (SSSR count). The van der Waals surface area contributed by atoms with Gasteiger partial charge in [0.2, 0.25) is 0 Å². The van der Waals surface area contributed by atoms with E-state index in [-0.39, 0.29) is 6.54 Å². The van der Waals surface area contributed by atoms with Gasteiger partial charge in [-0.3, -0.25) is 4.79 Å². The summed E-state index contributed by atoms with van der Waals surface area (Å²) in [4.78, 5) is 11.0. The van der Waals surface area contributed by atoms with Gasteiger partial charge in [-0.15, -0.1) is 0 Å². The standard InChI is InChI=1S/C9H10N2O3S/c1-7-2-4-8(5-3-7)11-6-9(12)10-15(11,13)14/h2-5H,6H2,1H3,(H,10,12). The second-order valence-corrected chi connectivity index (χ2v) is 4.97. The number of rotatable bonds is 1. The largest absolute Gasteiger partial charge is 0.326 e. The molecule has 1 aromatic rings. The Bertz CT molecular complexity index is 493. The highest BCUT2D eigenvalue weighted by Gasteiger charge is 2.33. The quantitative estimate of drug-likeness (QED) is 0.742. The minimum Gasteiger partial charge on any atom is -0.272 e. The van der Waals surface area contributed by atoms with Gasteiger partial charge in [-0.05, 0) is 19.1 Å². The van der Waals surface area contributed by atoms with Crippen molar-refractivity contribution >= 4 is 21.8 Å². The molecule has 1 fully saturated rings. The minimum atomic E-state index is -3.67. The Morgan fingerprint density at radius 3 is 2.33 bits per heavy atom. The maximum absolute atomic E-state index is 11.5. The van der Waals surface area contributed by atoms with Crippen molar-refractivity contribution in [1.82, 2.24) is 4.72 Å². The number of hydrogen-bond acceptors (Lipinski definition) is 3. The van der Waals surface area contributed by atoms with Gasteiger partial charge in [0, 0.05) is 0 Å². The van der Waals surface area contributed by atoms with Crippen LogP contribution in [0.15, 0.2) is 24.3 Å². The highest BCUT2D eigenvalue weighted by molar-refractivity contribution is 7.92. The van der Waals surface area contributed by atoms with E-state index in [1.54, 1.807) is 24.3 Å². The highest BCUT2D eigenvalue weighted by Crippen LogP contribution is 2.20. The Morgan fingerprint density at radius 1 is 1.27 bits per heavy atom. The lowest BCUT2D eigenvalue weighted by Gasteiger charge is -2.14. The van der Waals surface area contributed by atoms with E-state index in [0.29, 0.717) is 5.69 Å². The summed E-state index contributed by atoms with van der Waals surface area (Å²) in [6, 6.07) is 6.95. The fourth-order valence-corrected chi connectivity index (χ4v) is 2.54. The zero-order chi connectivity index (χ0) is 11.1. The molecule has 1 heterocycles. The first-order valence-corrected chi connectivity index (χ1v) is 5.83. The number of anilines is 1. The molecule has 6 heteroatoms. The predicted molar refractivity (Wildman–Crippen MR) is 55.6 cm³/mol. The first-order valence-electron chi connectivity index (χ1n) is 4.39. The molecule has 80 valence electrons. The maximum Gasteiger partial charge on any atom is 0.326 e. The van der Waals surface area contributed by atoms with Crippen molar-refractivity contribution in [2.75, 3.05) is 10.8 Å². The molecule has 0 unspecified atom stereocenters. The molecule has 0 aromatic heterocycles. The average Bonchev–Trinajstić information content (AvgIpc) is 2.41. The van der Waals surface area contributed by atoms with Crippen LogP contribution in [0.25, 0.3) is 0 Å². The van der Waals surface area contributed by atoms with Crippen LogP contribution in [0, 0.1) is 6.92 Å². The third kappa shape index (κ3) is 1.80. The van der Waals surface area contributed by atoms with Crippen molar-refractivity contribution in [3.63, 3.8) is 0 Å². The van der Waals surface area contributed by atoms with E-state index in [2.05, 4.69) is 0 Å². The van der Waals surface area contributed by atoms with Crippen LogP contribution in [0.2, 0.25) is 0 Å². The molecular formula is C9H10N2O3S. The van der Waals surface area contributed by atoms with Crippen molar-refractivity contribution in [2.24, 2.45) is 0 Å². The number of nitrogens with zero attached hydrogens (tertiary/aromatic N) is 1. The van der Waals surface area contributed by atoms with Crippen LogP contribution in [0.3, 0.4) is 0 Å². The molecule has 1 amide bonds. The summed E-state index contributed by atoms with van der Waals surface area (Å²) >= 11 is 0. The third-order valence-corrected chi connectivity index (χ3v) is 3.55. The van der Waals surface area contributed by atoms with Crippen LogP contribution in [-0.4, -0.2) is 20.9 Å². The zero-order valence-electron chi connectivity index (χ0n) is 8.10. The van der Waals surface area contributed by atoms with E-state index in [9.17, 15) is 13.2 Å². The molecule has 0 aliphatic carbocycles. The van der Waals surface area contributed by atoms with Crippen LogP contribution in [-0.2, 0) is 15.0 Å². The summed E-state index contributed by atoms with van der Waals surface area (Å²) < 4.78 is 25.9. The number of aryl methyl sites for hydroxylation is 1. The Balaban J connectivity index is 2.40. The Kier molecular flexibility index (Phi) is 2.15. The third-order valence-electron chi connectivity index (χ3n) is 2.14. The smallest absolute Gasteiger partial charge is 0.272 e. The van der Waals surface area contributed by atoms with Crippen molar-refractivity contribution < 1.29 is 13.2 Å². The van der Waals surface area contributed by atoms with Crippen LogP contribution < -0.4 is 9.03 Å². The minimum absolute atomic E-state index is 0.147. The number of hydrogen-bond donors (Lipinski definition) is 1. The molecule has 1 N–H and O–H groups in total. The zero-order valence-corrected chi connectivity index (χ0v) is 8.91. The Hall–Kier alpha value is -1.56. The maximum atomic E-state index is 11.5. The lowest BCUT2D eigenvalue weighted by Crippen LogP contribution is -2.29. The van der Waals surface area contributed by atoms with Gasteiger partial charge in [-0.2, -0.15) is 8.42 Å². The summed E-state index contributed by atoms with van der Waals surface area (Å²) in [7, 11) is -3.67. The first kappa shape index (κ1) is 9.97. The van der Waals surface area contributed by atoms with Crippen molar-refractivity contribution in [3.8, 4) is 0 Å². The lowest BCUT2D eigenvalue weighted by molar-refractivity contribution is -0.117. The van der Waals surface area contributed by atoms with Gasteiger partial charge in [0.05, 0.1) is 5.69 Å². The van der Waals surface area contributed by atoms with Gasteiger partial charge >= 0.3 is 10.2 Å². The molecule has 5 nitrogen and oxygen atoms in total. The van der Waals surface area contributed by atoms with Gasteiger partial charge in [0.1, 0.15) is 6.54 Å². The van der Waals surface area contributed by atoms with E-state index in [4.69, 9.17) is 0 Å². The Morgan fingerprint density at radius 2 is 1.87 bits per heavy atom. The number of amides is 1. The number of benzene rings is 1. The second-order valence-electron chi connectivity index (χ2n) is 3.37. The van der Waals surface area contributed by atoms with E-state index in [1.807, 2.05) is 11.6 Å². The van der Waals surface area contributed by atoms with Gasteiger partial charge in [-0.25, -0.2) is 9.03 Å². The molecule has 0 bridgehead atoms. The fourth-order valence-electron chi connectivity index (χ4n) is 1.39. The van der Waals surface area contributed by atoms with Crippen LogP contribution in [0.4, 0.5) is 5.69 Å².